The molecule has 0 fully saturated rings. The maximum Gasteiger partial charge on any atom is 0.171 e. The quantitative estimate of drug-likeness (QED) is 0.260. The highest BCUT2D eigenvalue weighted by molar-refractivity contribution is 7.85. The first-order chi connectivity index (χ1) is 17.7. The molecule has 5 aromatic carbocycles. The summed E-state index contributed by atoms with van der Waals surface area (Å²) in [7, 11) is -3.03. The van der Waals surface area contributed by atoms with Crippen LogP contribution in [-0.2, 0) is 4.57 Å². The van der Waals surface area contributed by atoms with Crippen LogP contribution in [0.25, 0.3) is 33.5 Å². The Morgan fingerprint density at radius 2 is 0.944 bits per heavy atom. The molecule has 0 saturated heterocycles. The van der Waals surface area contributed by atoms with Crippen LogP contribution < -0.4 is 15.9 Å². The molecular formula is C32H23N2OP. The van der Waals surface area contributed by atoms with Crippen molar-refractivity contribution in [1.29, 1.82) is 0 Å². The monoisotopic (exact) mass is 482 g/mol. The number of hydrogen-bond acceptors (Lipinski definition) is 3. The van der Waals surface area contributed by atoms with Gasteiger partial charge in [0.05, 0.1) is 11.2 Å². The van der Waals surface area contributed by atoms with Crippen molar-refractivity contribution >= 4 is 34.0 Å². The van der Waals surface area contributed by atoms with Gasteiger partial charge >= 0.3 is 0 Å². The van der Waals surface area contributed by atoms with E-state index in [1.807, 2.05) is 140 Å². The number of aromatic nitrogens is 2. The van der Waals surface area contributed by atoms with Gasteiger partial charge in [0.2, 0.25) is 0 Å². The largest absolute Gasteiger partial charge is 0.309 e. The van der Waals surface area contributed by atoms with Gasteiger partial charge in [0.25, 0.3) is 0 Å². The van der Waals surface area contributed by atoms with Crippen molar-refractivity contribution in [1.82, 2.24) is 9.97 Å². The van der Waals surface area contributed by atoms with E-state index in [4.69, 9.17) is 9.97 Å². The Morgan fingerprint density at radius 3 is 1.56 bits per heavy atom. The van der Waals surface area contributed by atoms with Gasteiger partial charge in [0.1, 0.15) is 0 Å². The van der Waals surface area contributed by atoms with Crippen molar-refractivity contribution in [2.75, 3.05) is 0 Å². The first kappa shape index (κ1) is 22.2. The standard InChI is InChI=1S/C32H23N2OP/c35-36(26-14-6-2-7-15-26,27-16-8-3-9-17-27)28-22-20-24(21-23-28)31-29-18-10-11-19-30(29)33-32(34-31)25-12-4-1-5-13-25/h1-23H. The van der Waals surface area contributed by atoms with Crippen molar-refractivity contribution in [2.45, 2.75) is 0 Å². The average Bonchev–Trinajstić information content (AvgIpc) is 2.97. The Morgan fingerprint density at radius 1 is 0.444 bits per heavy atom. The molecule has 1 aromatic heterocycles. The number of rotatable bonds is 5. The number of benzene rings is 5. The molecule has 0 N–H and O–H groups in total. The molecule has 0 atom stereocenters. The number of para-hydroxylation sites is 1. The molecule has 0 radical (unpaired) electrons. The SMILES string of the molecule is O=P(c1ccccc1)(c1ccccc1)c1ccc(-c2nc(-c3ccccc3)nc3ccccc23)cc1. The normalized spacial score (nSPS) is 11.4. The maximum absolute atomic E-state index is 14.7. The van der Waals surface area contributed by atoms with Crippen molar-refractivity contribution < 1.29 is 4.57 Å². The van der Waals surface area contributed by atoms with E-state index in [-0.39, 0.29) is 0 Å². The number of hydrogen-bond donors (Lipinski definition) is 0. The predicted octanol–water partition coefficient (Wildman–Crippen LogP) is 6.60. The second-order valence-electron chi connectivity index (χ2n) is 8.61. The van der Waals surface area contributed by atoms with Crippen molar-refractivity contribution in [3.8, 4) is 22.6 Å². The highest BCUT2D eigenvalue weighted by Crippen LogP contribution is 2.42. The third-order valence-corrected chi connectivity index (χ3v) is 9.46. The molecule has 0 aliphatic carbocycles. The first-order valence-corrected chi connectivity index (χ1v) is 13.6. The van der Waals surface area contributed by atoms with E-state index in [0.29, 0.717) is 5.82 Å². The Labute approximate surface area is 210 Å². The summed E-state index contributed by atoms with van der Waals surface area (Å²) in [6.07, 6.45) is 0. The summed E-state index contributed by atoms with van der Waals surface area (Å²) in [6.45, 7) is 0. The molecule has 0 amide bonds. The Hall–Kier alpha value is -4.33. The molecule has 1 heterocycles. The molecule has 172 valence electrons. The first-order valence-electron chi connectivity index (χ1n) is 11.9. The molecule has 0 unspecified atom stereocenters. The minimum Gasteiger partial charge on any atom is -0.309 e. The predicted molar refractivity (Wildman–Crippen MR) is 150 cm³/mol. The third-order valence-electron chi connectivity index (χ3n) is 6.38. The van der Waals surface area contributed by atoms with E-state index < -0.39 is 7.14 Å². The van der Waals surface area contributed by atoms with Crippen LogP contribution in [0.15, 0.2) is 140 Å². The Balaban J connectivity index is 1.50. The summed E-state index contributed by atoms with van der Waals surface area (Å²) in [5, 5.41) is 3.43. The van der Waals surface area contributed by atoms with Gasteiger partial charge in [-0.05, 0) is 6.07 Å². The van der Waals surface area contributed by atoms with Crippen LogP contribution in [0.2, 0.25) is 0 Å². The van der Waals surface area contributed by atoms with Crippen LogP contribution in [-0.4, -0.2) is 9.97 Å². The molecular weight excluding hydrogens is 459 g/mol. The molecule has 0 aliphatic rings. The molecule has 0 bridgehead atoms. The molecule has 6 aromatic rings. The van der Waals surface area contributed by atoms with Crippen LogP contribution in [0.5, 0.6) is 0 Å². The van der Waals surface area contributed by atoms with Gasteiger partial charge in [-0.2, -0.15) is 0 Å². The third kappa shape index (κ3) is 3.94. The fourth-order valence-electron chi connectivity index (χ4n) is 4.57. The van der Waals surface area contributed by atoms with Crippen molar-refractivity contribution in [3.63, 3.8) is 0 Å². The Bertz CT molecular complexity index is 1640. The van der Waals surface area contributed by atoms with Crippen molar-refractivity contribution in [3.05, 3.63) is 140 Å². The van der Waals surface area contributed by atoms with E-state index >= 15 is 0 Å². The van der Waals surface area contributed by atoms with Crippen LogP contribution in [0.3, 0.4) is 0 Å². The van der Waals surface area contributed by atoms with Gasteiger partial charge in [0, 0.05) is 32.4 Å². The smallest absolute Gasteiger partial charge is 0.171 e. The lowest BCUT2D eigenvalue weighted by atomic mass is 10.1. The zero-order valence-electron chi connectivity index (χ0n) is 19.5. The van der Waals surface area contributed by atoms with Gasteiger partial charge in [-0.1, -0.05) is 133 Å². The van der Waals surface area contributed by atoms with Gasteiger partial charge in [-0.3, -0.25) is 0 Å². The molecule has 0 aliphatic heterocycles. The highest BCUT2D eigenvalue weighted by Gasteiger charge is 2.29. The van der Waals surface area contributed by atoms with Crippen molar-refractivity contribution in [2.24, 2.45) is 0 Å². The summed E-state index contributed by atoms with van der Waals surface area (Å²) in [4.78, 5) is 9.78. The topological polar surface area (TPSA) is 42.9 Å². The number of nitrogens with zero attached hydrogens (tertiary/aromatic N) is 2. The summed E-state index contributed by atoms with van der Waals surface area (Å²) >= 11 is 0. The number of fused-ring (bicyclic) bond motifs is 1. The zero-order valence-corrected chi connectivity index (χ0v) is 20.4. The van der Waals surface area contributed by atoms with E-state index in [2.05, 4.69) is 0 Å². The zero-order chi connectivity index (χ0) is 24.4. The van der Waals surface area contributed by atoms with E-state index in [1.165, 1.54) is 0 Å². The van der Waals surface area contributed by atoms with E-state index in [1.54, 1.807) is 0 Å². The lowest BCUT2D eigenvalue weighted by molar-refractivity contribution is 0.592. The summed E-state index contributed by atoms with van der Waals surface area (Å²) in [5.74, 6) is 0.688. The average molecular weight is 483 g/mol. The van der Waals surface area contributed by atoms with Gasteiger partial charge in [-0.25, -0.2) is 9.97 Å². The lowest BCUT2D eigenvalue weighted by Crippen LogP contribution is -2.24. The van der Waals surface area contributed by atoms with Gasteiger partial charge in [-0.15, -0.1) is 0 Å². The molecule has 6 rings (SSSR count). The van der Waals surface area contributed by atoms with Crippen LogP contribution in [0, 0.1) is 0 Å². The summed E-state index contributed by atoms with van der Waals surface area (Å²) in [6, 6.07) is 45.6. The highest BCUT2D eigenvalue weighted by atomic mass is 31.2. The molecule has 4 heteroatoms. The van der Waals surface area contributed by atoms with E-state index in [0.717, 1.165) is 43.6 Å². The molecule has 3 nitrogen and oxygen atoms in total. The van der Waals surface area contributed by atoms with Crippen LogP contribution >= 0.6 is 7.14 Å². The Kier molecular flexibility index (Phi) is 5.77. The summed E-state index contributed by atoms with van der Waals surface area (Å²) in [5.41, 5.74) is 3.69. The minimum absolute atomic E-state index is 0.688. The van der Waals surface area contributed by atoms with Crippen LogP contribution in [0.1, 0.15) is 0 Å². The van der Waals surface area contributed by atoms with Crippen LogP contribution in [0.4, 0.5) is 0 Å². The minimum atomic E-state index is -3.03. The molecule has 0 spiro atoms. The van der Waals surface area contributed by atoms with Gasteiger partial charge < -0.3 is 4.57 Å². The van der Waals surface area contributed by atoms with E-state index in [9.17, 15) is 4.57 Å². The summed E-state index contributed by atoms with van der Waals surface area (Å²) < 4.78 is 14.7. The fraction of sp³-hybridized carbons (Fsp3) is 0. The maximum atomic E-state index is 14.7. The molecule has 0 saturated carbocycles. The molecule has 36 heavy (non-hydrogen) atoms. The second kappa shape index (κ2) is 9.37. The fourth-order valence-corrected chi connectivity index (χ4v) is 7.21. The second-order valence-corrected chi connectivity index (χ2v) is 11.4. The lowest BCUT2D eigenvalue weighted by Gasteiger charge is -2.20. The van der Waals surface area contributed by atoms with Gasteiger partial charge in [0.15, 0.2) is 13.0 Å².